The van der Waals surface area contributed by atoms with E-state index in [1.165, 1.54) is 18.2 Å². The van der Waals surface area contributed by atoms with Gasteiger partial charge in [0.05, 0.1) is 12.6 Å². The molecule has 0 aliphatic heterocycles. The van der Waals surface area contributed by atoms with E-state index in [1.54, 1.807) is 6.92 Å². The van der Waals surface area contributed by atoms with Crippen LogP contribution in [-0.4, -0.2) is 36.0 Å². The summed E-state index contributed by atoms with van der Waals surface area (Å²) in [5, 5.41) is 0. The molecule has 2 saturated carbocycles. The van der Waals surface area contributed by atoms with Crippen LogP contribution in [0.2, 0.25) is 0 Å². The molecule has 1 unspecified atom stereocenters. The largest absolute Gasteiger partial charge is 0.489 e. The maximum Gasteiger partial charge on any atom is 0.400 e. The molecule has 1 aromatic carbocycles. The molecule has 0 bridgehead atoms. The van der Waals surface area contributed by atoms with Gasteiger partial charge in [-0.1, -0.05) is 0 Å². The fraction of sp³-hybridized carbons (Fsp3) is 0.476. The van der Waals surface area contributed by atoms with Crippen LogP contribution in [0.3, 0.4) is 0 Å². The van der Waals surface area contributed by atoms with Gasteiger partial charge in [0.2, 0.25) is 5.89 Å². The zero-order valence-electron chi connectivity index (χ0n) is 17.3. The van der Waals surface area contributed by atoms with Gasteiger partial charge in [0.25, 0.3) is 5.78 Å². The molecule has 1 atom stereocenters. The maximum atomic E-state index is 12.8. The molecule has 1 heterocycles. The van der Waals surface area contributed by atoms with E-state index in [2.05, 4.69) is 15.2 Å². The SMILES string of the molecule is CC(N)c1oc(-c2ccc(OC(F)F)c(OCC3CC3)c2)nc1C(=O)C(=O)ONC1CC1. The first-order valence-electron chi connectivity index (χ1n) is 10.3. The molecule has 0 spiro atoms. The molecule has 2 fully saturated rings. The van der Waals surface area contributed by atoms with E-state index in [0.29, 0.717) is 18.1 Å². The Morgan fingerprint density at radius 3 is 2.62 bits per heavy atom. The van der Waals surface area contributed by atoms with Crippen molar-refractivity contribution in [2.75, 3.05) is 6.61 Å². The number of hydroxylamine groups is 1. The molecule has 2 aliphatic carbocycles. The molecular weight excluding hydrogens is 428 g/mol. The predicted octanol–water partition coefficient (Wildman–Crippen LogP) is 3.14. The molecule has 3 N–H and O–H groups in total. The Kier molecular flexibility index (Phi) is 6.38. The molecule has 0 radical (unpaired) electrons. The van der Waals surface area contributed by atoms with Crippen LogP contribution < -0.4 is 20.7 Å². The minimum Gasteiger partial charge on any atom is -0.489 e. The fourth-order valence-electron chi connectivity index (χ4n) is 2.85. The Labute approximate surface area is 182 Å². The van der Waals surface area contributed by atoms with Gasteiger partial charge in [0.15, 0.2) is 23.0 Å². The number of alkyl halides is 2. The summed E-state index contributed by atoms with van der Waals surface area (Å²) in [5.74, 6) is -1.82. The van der Waals surface area contributed by atoms with Crippen molar-refractivity contribution < 1.29 is 37.1 Å². The molecule has 172 valence electrons. The Bertz CT molecular complexity index is 1000. The van der Waals surface area contributed by atoms with Gasteiger partial charge in [0, 0.05) is 11.6 Å². The Morgan fingerprint density at radius 2 is 2.00 bits per heavy atom. The fourth-order valence-corrected chi connectivity index (χ4v) is 2.85. The lowest BCUT2D eigenvalue weighted by atomic mass is 10.1. The Morgan fingerprint density at radius 1 is 1.25 bits per heavy atom. The summed E-state index contributed by atoms with van der Waals surface area (Å²) in [6.45, 7) is -1.09. The van der Waals surface area contributed by atoms with E-state index in [9.17, 15) is 18.4 Å². The van der Waals surface area contributed by atoms with Gasteiger partial charge in [0.1, 0.15) is 0 Å². The van der Waals surface area contributed by atoms with Crippen LogP contribution in [0.25, 0.3) is 11.5 Å². The van der Waals surface area contributed by atoms with E-state index >= 15 is 0 Å². The molecule has 9 nitrogen and oxygen atoms in total. The number of hydrogen-bond acceptors (Lipinski definition) is 9. The molecule has 2 aliphatic rings. The number of oxazole rings is 1. The third-order valence-electron chi connectivity index (χ3n) is 4.94. The minimum atomic E-state index is -3.02. The van der Waals surface area contributed by atoms with E-state index in [4.69, 9.17) is 19.7 Å². The highest BCUT2D eigenvalue weighted by Crippen LogP contribution is 2.37. The number of carbonyl (C=O) groups excluding carboxylic acids is 2. The third kappa shape index (κ3) is 5.40. The molecule has 11 heteroatoms. The smallest absolute Gasteiger partial charge is 0.400 e. The quantitative estimate of drug-likeness (QED) is 0.301. The average molecular weight is 451 g/mol. The number of rotatable bonds is 11. The van der Waals surface area contributed by atoms with Crippen LogP contribution in [-0.2, 0) is 9.63 Å². The second-order valence-electron chi connectivity index (χ2n) is 7.93. The molecular formula is C21H23F2N3O6. The summed E-state index contributed by atoms with van der Waals surface area (Å²) in [6, 6.07) is 3.47. The van der Waals surface area contributed by atoms with Gasteiger partial charge < -0.3 is 24.5 Å². The number of nitrogens with zero attached hydrogens (tertiary/aromatic N) is 1. The number of nitrogens with one attached hydrogen (secondary N) is 1. The Balaban J connectivity index is 1.60. The number of halogens is 2. The topological polar surface area (TPSA) is 126 Å². The third-order valence-corrected chi connectivity index (χ3v) is 4.94. The monoisotopic (exact) mass is 451 g/mol. The van der Waals surface area contributed by atoms with E-state index in [0.717, 1.165) is 25.7 Å². The van der Waals surface area contributed by atoms with Crippen LogP contribution >= 0.6 is 0 Å². The van der Waals surface area contributed by atoms with Gasteiger partial charge in [-0.15, -0.1) is 5.48 Å². The second-order valence-corrected chi connectivity index (χ2v) is 7.93. The van der Waals surface area contributed by atoms with Crippen LogP contribution in [0.1, 0.15) is 54.9 Å². The number of benzene rings is 1. The summed E-state index contributed by atoms with van der Waals surface area (Å²) in [7, 11) is 0. The van der Waals surface area contributed by atoms with E-state index < -0.39 is 24.4 Å². The number of carbonyl (C=O) groups is 2. The lowest BCUT2D eigenvalue weighted by molar-refractivity contribution is -0.145. The molecule has 0 saturated heterocycles. The maximum absolute atomic E-state index is 12.8. The molecule has 4 rings (SSSR count). The summed E-state index contributed by atoms with van der Waals surface area (Å²) < 4.78 is 41.3. The molecule has 0 amide bonds. The van der Waals surface area contributed by atoms with E-state index in [-0.39, 0.29) is 34.9 Å². The van der Waals surface area contributed by atoms with Crippen molar-refractivity contribution in [1.82, 2.24) is 10.5 Å². The van der Waals surface area contributed by atoms with Crippen LogP contribution in [0, 0.1) is 5.92 Å². The highest BCUT2D eigenvalue weighted by atomic mass is 19.3. The standard InChI is InChI=1S/C21H23F2N3O6/c1-10(24)18-16(17(27)20(28)32-26-13-5-6-13)25-19(31-18)12-4-7-14(30-21(22)23)15(8-12)29-9-11-2-3-11/h4,7-8,10-11,13,21,26H,2-3,5-6,9,24H2,1H3. The number of ether oxygens (including phenoxy) is 2. The van der Waals surface area contributed by atoms with Gasteiger partial charge in [-0.2, -0.15) is 8.78 Å². The first-order chi connectivity index (χ1) is 15.3. The number of ketones is 1. The summed E-state index contributed by atoms with van der Waals surface area (Å²) >= 11 is 0. The number of nitrogens with two attached hydrogens (primary N) is 1. The van der Waals surface area contributed by atoms with Crippen molar-refractivity contribution in [3.63, 3.8) is 0 Å². The van der Waals surface area contributed by atoms with Gasteiger partial charge in [-0.25, -0.2) is 9.78 Å². The van der Waals surface area contributed by atoms with Gasteiger partial charge in [-0.05, 0) is 56.7 Å². The van der Waals surface area contributed by atoms with Crippen LogP contribution in [0.4, 0.5) is 8.78 Å². The molecule has 2 aromatic rings. The zero-order valence-corrected chi connectivity index (χ0v) is 17.3. The average Bonchev–Trinajstić information content (AvgIpc) is 3.68. The Hall–Kier alpha value is -3.05. The second kappa shape index (κ2) is 9.21. The predicted molar refractivity (Wildman–Crippen MR) is 106 cm³/mol. The lowest BCUT2D eigenvalue weighted by Gasteiger charge is -2.12. The van der Waals surface area contributed by atoms with Crippen molar-refractivity contribution in [2.24, 2.45) is 11.7 Å². The van der Waals surface area contributed by atoms with Crippen molar-refractivity contribution in [1.29, 1.82) is 0 Å². The van der Waals surface area contributed by atoms with Crippen molar-refractivity contribution >= 4 is 11.8 Å². The highest BCUT2D eigenvalue weighted by molar-refractivity contribution is 6.40. The molecule has 32 heavy (non-hydrogen) atoms. The number of Topliss-reactive ketones (excluding diaryl/α,β-unsaturated/α-hetero) is 1. The van der Waals surface area contributed by atoms with Crippen molar-refractivity contribution in [2.45, 2.75) is 51.3 Å². The normalized spacial score (nSPS) is 16.7. The van der Waals surface area contributed by atoms with E-state index in [1.807, 2.05) is 0 Å². The van der Waals surface area contributed by atoms with Crippen LogP contribution in [0.15, 0.2) is 22.6 Å². The van der Waals surface area contributed by atoms with Crippen molar-refractivity contribution in [3.8, 4) is 23.0 Å². The van der Waals surface area contributed by atoms with Gasteiger partial charge >= 0.3 is 12.6 Å². The minimum absolute atomic E-state index is 0.00160. The first kappa shape index (κ1) is 22.2. The summed E-state index contributed by atoms with van der Waals surface area (Å²) in [6.07, 6.45) is 3.74. The summed E-state index contributed by atoms with van der Waals surface area (Å²) in [4.78, 5) is 33.6. The number of hydrogen-bond donors (Lipinski definition) is 2. The first-order valence-corrected chi connectivity index (χ1v) is 10.3. The number of aromatic nitrogens is 1. The van der Waals surface area contributed by atoms with Gasteiger partial charge in [-0.3, -0.25) is 4.79 Å². The molecule has 1 aromatic heterocycles. The lowest BCUT2D eigenvalue weighted by Crippen LogP contribution is -2.28. The van der Waals surface area contributed by atoms with Crippen LogP contribution in [0.5, 0.6) is 11.5 Å². The summed E-state index contributed by atoms with van der Waals surface area (Å²) in [5.41, 5.74) is 8.45. The van der Waals surface area contributed by atoms with Crippen molar-refractivity contribution in [3.05, 3.63) is 29.7 Å². The highest BCUT2D eigenvalue weighted by Gasteiger charge is 2.31. The zero-order chi connectivity index (χ0) is 22.8.